The highest BCUT2D eigenvalue weighted by Gasteiger charge is 2.45. The minimum atomic E-state index is -1.47. The molecule has 13 heavy (non-hydrogen) atoms. The van der Waals surface area contributed by atoms with Gasteiger partial charge >= 0.3 is 0 Å². The number of ketones is 1. The van der Waals surface area contributed by atoms with Gasteiger partial charge in [0.25, 0.3) is 0 Å². The van der Waals surface area contributed by atoms with Gasteiger partial charge in [0.15, 0.2) is 12.1 Å². The van der Waals surface area contributed by atoms with E-state index in [0.717, 1.165) is 0 Å². The summed E-state index contributed by atoms with van der Waals surface area (Å²) in [5.41, 5.74) is 0. The van der Waals surface area contributed by atoms with Crippen molar-refractivity contribution in [2.24, 2.45) is 5.92 Å². The van der Waals surface area contributed by atoms with Gasteiger partial charge in [-0.25, -0.2) is 0 Å². The lowest BCUT2D eigenvalue weighted by Crippen LogP contribution is -2.38. The predicted octanol–water partition coefficient (Wildman–Crippen LogP) is -1.35. The Balaban J connectivity index is 2.68. The number of aliphatic hydroxyl groups is 3. The fraction of sp³-hybridized carbons (Fsp3) is 0.875. The zero-order valence-corrected chi connectivity index (χ0v) is 7.54. The molecule has 0 bridgehead atoms. The smallest absolute Gasteiger partial charge is 0.184 e. The van der Waals surface area contributed by atoms with Crippen molar-refractivity contribution in [1.29, 1.82) is 0 Å². The molecule has 0 radical (unpaired) electrons. The van der Waals surface area contributed by atoms with E-state index < -0.39 is 24.6 Å². The Morgan fingerprint density at radius 1 is 1.23 bits per heavy atom. The maximum absolute atomic E-state index is 11.3. The lowest BCUT2D eigenvalue weighted by atomic mass is 9.99. The van der Waals surface area contributed by atoms with Gasteiger partial charge in [-0.1, -0.05) is 13.8 Å². The van der Waals surface area contributed by atoms with Crippen molar-refractivity contribution >= 4 is 5.78 Å². The van der Waals surface area contributed by atoms with Crippen molar-refractivity contribution in [2.45, 2.75) is 38.4 Å². The third-order valence-corrected chi connectivity index (χ3v) is 2.09. The van der Waals surface area contributed by atoms with Gasteiger partial charge in [0, 0.05) is 5.92 Å². The van der Waals surface area contributed by atoms with Crippen molar-refractivity contribution in [2.75, 3.05) is 0 Å². The maximum atomic E-state index is 11.3. The number of Topliss-reactive ketones (excluding diaryl/α,β-unsaturated/α-hetero) is 1. The standard InChI is InChI=1S/C8H14O5/c1-3(2)4(9)7-5(10)6(11)8(12)13-7/h3,5-8,10-12H,1-2H3/t5-,6+,7+,8-/m0/s1. The van der Waals surface area contributed by atoms with Crippen LogP contribution in [0.15, 0.2) is 0 Å². The minimum absolute atomic E-state index is 0.294. The SMILES string of the molecule is CC(C)C(=O)[C@H]1O[C@H](O)[C@H](O)[C@@H]1O. The van der Waals surface area contributed by atoms with E-state index in [1.807, 2.05) is 0 Å². The minimum Gasteiger partial charge on any atom is -0.387 e. The zero-order valence-electron chi connectivity index (χ0n) is 7.54. The molecular weight excluding hydrogens is 176 g/mol. The molecular formula is C8H14O5. The number of carbonyl (C=O) groups is 1. The van der Waals surface area contributed by atoms with Gasteiger partial charge in [-0.05, 0) is 0 Å². The molecule has 0 amide bonds. The first-order chi connectivity index (χ1) is 5.95. The average Bonchev–Trinajstić information content (AvgIpc) is 2.31. The second-order valence-electron chi connectivity index (χ2n) is 3.49. The average molecular weight is 190 g/mol. The molecule has 1 saturated heterocycles. The number of rotatable bonds is 2. The Morgan fingerprint density at radius 2 is 1.77 bits per heavy atom. The summed E-state index contributed by atoms with van der Waals surface area (Å²) in [4.78, 5) is 11.3. The highest BCUT2D eigenvalue weighted by Crippen LogP contribution is 2.22. The van der Waals surface area contributed by atoms with Crippen LogP contribution in [0.5, 0.6) is 0 Å². The Hall–Kier alpha value is -0.490. The van der Waals surface area contributed by atoms with E-state index >= 15 is 0 Å². The monoisotopic (exact) mass is 190 g/mol. The summed E-state index contributed by atoms with van der Waals surface area (Å²) in [6.07, 6.45) is -5.30. The van der Waals surface area contributed by atoms with Crippen molar-refractivity contribution in [1.82, 2.24) is 0 Å². The third-order valence-electron chi connectivity index (χ3n) is 2.09. The molecule has 4 atom stereocenters. The van der Waals surface area contributed by atoms with E-state index in [1.54, 1.807) is 13.8 Å². The van der Waals surface area contributed by atoms with Gasteiger partial charge < -0.3 is 20.1 Å². The lowest BCUT2D eigenvalue weighted by molar-refractivity contribution is -0.151. The van der Waals surface area contributed by atoms with Crippen LogP contribution in [0.1, 0.15) is 13.8 Å². The first-order valence-corrected chi connectivity index (χ1v) is 4.18. The van der Waals surface area contributed by atoms with E-state index in [4.69, 9.17) is 14.9 Å². The maximum Gasteiger partial charge on any atom is 0.184 e. The van der Waals surface area contributed by atoms with Gasteiger partial charge in [0.2, 0.25) is 0 Å². The second-order valence-corrected chi connectivity index (χ2v) is 3.49. The molecule has 1 fully saturated rings. The number of ether oxygens (including phenoxy) is 1. The Labute approximate surface area is 75.9 Å². The molecule has 1 aliphatic rings. The summed E-state index contributed by atoms with van der Waals surface area (Å²) in [5, 5.41) is 27.4. The van der Waals surface area contributed by atoms with Crippen LogP contribution in [0.25, 0.3) is 0 Å². The van der Waals surface area contributed by atoms with Gasteiger partial charge in [-0.2, -0.15) is 0 Å². The van der Waals surface area contributed by atoms with Gasteiger partial charge in [-0.3, -0.25) is 4.79 Å². The molecule has 1 aliphatic heterocycles. The molecule has 5 nitrogen and oxygen atoms in total. The normalized spacial score (nSPS) is 39.8. The van der Waals surface area contributed by atoms with Crippen LogP contribution in [0.3, 0.4) is 0 Å². The van der Waals surface area contributed by atoms with Crippen LogP contribution < -0.4 is 0 Å². The van der Waals surface area contributed by atoms with Crippen molar-refractivity contribution in [3.8, 4) is 0 Å². The Bertz CT molecular complexity index is 203. The molecule has 76 valence electrons. The second kappa shape index (κ2) is 3.71. The molecule has 5 heteroatoms. The molecule has 0 aromatic rings. The quantitative estimate of drug-likeness (QED) is 0.501. The molecule has 0 spiro atoms. The number of aliphatic hydroxyl groups excluding tert-OH is 3. The third kappa shape index (κ3) is 1.88. The van der Waals surface area contributed by atoms with Gasteiger partial charge in [0.05, 0.1) is 0 Å². The van der Waals surface area contributed by atoms with E-state index in [2.05, 4.69) is 0 Å². The largest absolute Gasteiger partial charge is 0.387 e. The Kier molecular flexibility index (Phi) is 3.02. The molecule has 1 heterocycles. The van der Waals surface area contributed by atoms with E-state index in [-0.39, 0.29) is 11.7 Å². The topological polar surface area (TPSA) is 87.0 Å². The summed E-state index contributed by atoms with van der Waals surface area (Å²) in [5.74, 6) is -0.611. The first kappa shape index (κ1) is 10.6. The number of carbonyl (C=O) groups excluding carboxylic acids is 1. The zero-order chi connectivity index (χ0) is 10.2. The van der Waals surface area contributed by atoms with Crippen LogP contribution in [-0.4, -0.2) is 45.7 Å². The van der Waals surface area contributed by atoms with E-state index in [0.29, 0.717) is 0 Å². The van der Waals surface area contributed by atoms with Crippen LogP contribution in [0, 0.1) is 5.92 Å². The molecule has 0 aromatic heterocycles. The van der Waals surface area contributed by atoms with Crippen LogP contribution >= 0.6 is 0 Å². The molecule has 0 aliphatic carbocycles. The van der Waals surface area contributed by atoms with Crippen molar-refractivity contribution in [3.05, 3.63) is 0 Å². The first-order valence-electron chi connectivity index (χ1n) is 4.18. The van der Waals surface area contributed by atoms with E-state index in [9.17, 15) is 9.90 Å². The van der Waals surface area contributed by atoms with E-state index in [1.165, 1.54) is 0 Å². The molecule has 3 N–H and O–H groups in total. The van der Waals surface area contributed by atoms with Crippen LogP contribution in [0.2, 0.25) is 0 Å². The van der Waals surface area contributed by atoms with Crippen LogP contribution in [-0.2, 0) is 9.53 Å². The van der Waals surface area contributed by atoms with Crippen molar-refractivity contribution in [3.63, 3.8) is 0 Å². The molecule has 1 rings (SSSR count). The lowest BCUT2D eigenvalue weighted by Gasteiger charge is -2.14. The summed E-state index contributed by atoms with van der Waals surface area (Å²) >= 11 is 0. The fourth-order valence-electron chi connectivity index (χ4n) is 1.22. The van der Waals surface area contributed by atoms with Gasteiger partial charge in [-0.15, -0.1) is 0 Å². The van der Waals surface area contributed by atoms with Crippen LogP contribution in [0.4, 0.5) is 0 Å². The molecule has 0 aromatic carbocycles. The summed E-state index contributed by atoms with van der Waals surface area (Å²) < 4.78 is 4.71. The van der Waals surface area contributed by atoms with Crippen molar-refractivity contribution < 1.29 is 24.9 Å². The Morgan fingerprint density at radius 3 is 2.08 bits per heavy atom. The number of hydrogen-bond donors (Lipinski definition) is 3. The highest BCUT2D eigenvalue weighted by atomic mass is 16.6. The number of hydrogen-bond acceptors (Lipinski definition) is 5. The highest BCUT2D eigenvalue weighted by molar-refractivity contribution is 5.85. The molecule has 0 saturated carbocycles. The predicted molar refractivity (Wildman–Crippen MR) is 42.7 cm³/mol. The summed E-state index contributed by atoms with van der Waals surface area (Å²) in [7, 11) is 0. The molecule has 0 unspecified atom stereocenters. The summed E-state index contributed by atoms with van der Waals surface area (Å²) in [6, 6.07) is 0. The fourth-order valence-corrected chi connectivity index (χ4v) is 1.22. The van der Waals surface area contributed by atoms with Gasteiger partial charge in [0.1, 0.15) is 18.3 Å². The summed E-state index contributed by atoms with van der Waals surface area (Å²) in [6.45, 7) is 3.32.